The zero-order valence-electron chi connectivity index (χ0n) is 16.1. The summed E-state index contributed by atoms with van der Waals surface area (Å²) in [5, 5.41) is 3.51. The lowest BCUT2D eigenvalue weighted by atomic mass is 10.0. The Labute approximate surface area is 160 Å². The van der Waals surface area contributed by atoms with E-state index in [2.05, 4.69) is 46.5 Å². The summed E-state index contributed by atoms with van der Waals surface area (Å²) in [5.74, 6) is 1.97. The molecule has 0 bridgehead atoms. The van der Waals surface area contributed by atoms with Gasteiger partial charge >= 0.3 is 0 Å². The van der Waals surface area contributed by atoms with Crippen molar-refractivity contribution >= 4 is 11.8 Å². The molecule has 0 radical (unpaired) electrons. The first-order valence-electron chi connectivity index (χ1n) is 9.14. The first-order chi connectivity index (χ1) is 13.1. The van der Waals surface area contributed by atoms with Crippen LogP contribution < -0.4 is 15.8 Å². The number of benzene rings is 2. The fourth-order valence-corrected chi connectivity index (χ4v) is 3.16. The number of nitrogens with zero attached hydrogens (tertiary/aromatic N) is 2. The summed E-state index contributed by atoms with van der Waals surface area (Å²) in [7, 11) is 1.68. The standard InChI is InChI=1S/C22H26N4O/c1-15(18-9-5-4-6-10-18)24-21-20(16(2)25-22(23)26-21)13-12-17-8-7-11-19(14-17)27-3/h4-11,14-15H,12-13H2,1-3H3,(H3,23,24,25,26)/t15-/m0/s1. The van der Waals surface area contributed by atoms with Crippen LogP contribution in [0.25, 0.3) is 0 Å². The van der Waals surface area contributed by atoms with Gasteiger partial charge in [0, 0.05) is 17.3 Å². The van der Waals surface area contributed by atoms with Crippen molar-refractivity contribution in [3.63, 3.8) is 0 Å². The first-order valence-corrected chi connectivity index (χ1v) is 9.14. The van der Waals surface area contributed by atoms with Crippen LogP contribution in [0.2, 0.25) is 0 Å². The molecule has 0 spiro atoms. The minimum absolute atomic E-state index is 0.121. The summed E-state index contributed by atoms with van der Waals surface area (Å²) >= 11 is 0. The van der Waals surface area contributed by atoms with Crippen molar-refractivity contribution in [3.05, 3.63) is 77.0 Å². The number of nitrogens with one attached hydrogen (secondary N) is 1. The van der Waals surface area contributed by atoms with E-state index in [1.165, 1.54) is 11.1 Å². The summed E-state index contributed by atoms with van der Waals surface area (Å²) in [6.07, 6.45) is 1.70. The van der Waals surface area contributed by atoms with Gasteiger partial charge in [-0.2, -0.15) is 4.98 Å². The monoisotopic (exact) mass is 362 g/mol. The molecule has 0 aliphatic heterocycles. The zero-order chi connectivity index (χ0) is 19.2. The lowest BCUT2D eigenvalue weighted by molar-refractivity contribution is 0.414. The number of nitrogens with two attached hydrogens (primary N) is 1. The molecule has 1 aromatic heterocycles. The van der Waals surface area contributed by atoms with E-state index in [1.54, 1.807) is 7.11 Å². The van der Waals surface area contributed by atoms with E-state index in [-0.39, 0.29) is 6.04 Å². The topological polar surface area (TPSA) is 73.1 Å². The summed E-state index contributed by atoms with van der Waals surface area (Å²) < 4.78 is 5.32. The molecule has 0 unspecified atom stereocenters. The molecule has 2 aromatic carbocycles. The van der Waals surface area contributed by atoms with Gasteiger partial charge < -0.3 is 15.8 Å². The summed E-state index contributed by atoms with van der Waals surface area (Å²) in [6, 6.07) is 18.6. The number of methoxy groups -OCH3 is 1. The van der Waals surface area contributed by atoms with Crippen LogP contribution in [0.4, 0.5) is 11.8 Å². The maximum atomic E-state index is 5.91. The number of nitrogen functional groups attached to an aromatic ring is 1. The van der Waals surface area contributed by atoms with Crippen LogP contribution in [0.15, 0.2) is 54.6 Å². The molecular weight excluding hydrogens is 336 g/mol. The summed E-state index contributed by atoms with van der Waals surface area (Å²) in [4.78, 5) is 8.84. The molecule has 3 N–H and O–H groups in total. The van der Waals surface area contributed by atoms with Crippen LogP contribution in [0.3, 0.4) is 0 Å². The smallest absolute Gasteiger partial charge is 0.222 e. The Morgan fingerprint density at radius 1 is 1.04 bits per heavy atom. The van der Waals surface area contributed by atoms with Gasteiger partial charge in [0.05, 0.1) is 7.11 Å². The average molecular weight is 362 g/mol. The number of hydrogen-bond acceptors (Lipinski definition) is 5. The molecule has 5 heteroatoms. The van der Waals surface area contributed by atoms with Gasteiger partial charge in [-0.05, 0) is 49.9 Å². The summed E-state index contributed by atoms with van der Waals surface area (Å²) in [6.45, 7) is 4.10. The fraction of sp³-hybridized carbons (Fsp3) is 0.273. The molecule has 3 aromatic rings. The highest BCUT2D eigenvalue weighted by Gasteiger charge is 2.14. The van der Waals surface area contributed by atoms with Gasteiger partial charge in [0.2, 0.25) is 5.95 Å². The summed E-state index contributed by atoms with van der Waals surface area (Å²) in [5.41, 5.74) is 10.3. The largest absolute Gasteiger partial charge is 0.497 e. The lowest BCUT2D eigenvalue weighted by Crippen LogP contribution is -2.14. The molecule has 5 nitrogen and oxygen atoms in total. The molecule has 140 valence electrons. The highest BCUT2D eigenvalue weighted by molar-refractivity contribution is 5.51. The van der Waals surface area contributed by atoms with Gasteiger partial charge in [-0.1, -0.05) is 42.5 Å². The van der Waals surface area contributed by atoms with Gasteiger partial charge in [0.25, 0.3) is 0 Å². The molecule has 0 aliphatic rings. The fourth-order valence-electron chi connectivity index (χ4n) is 3.16. The molecule has 0 fully saturated rings. The van der Waals surface area contributed by atoms with Crippen LogP contribution in [0.5, 0.6) is 5.75 Å². The Morgan fingerprint density at radius 3 is 2.56 bits per heavy atom. The van der Waals surface area contributed by atoms with Crippen LogP contribution in [0, 0.1) is 6.92 Å². The predicted molar refractivity (Wildman–Crippen MR) is 110 cm³/mol. The van der Waals surface area contributed by atoms with E-state index >= 15 is 0 Å². The number of hydrogen-bond donors (Lipinski definition) is 2. The molecule has 27 heavy (non-hydrogen) atoms. The maximum absolute atomic E-state index is 5.91. The van der Waals surface area contributed by atoms with Crippen molar-refractivity contribution in [3.8, 4) is 5.75 Å². The predicted octanol–water partition coefficient (Wildman–Crippen LogP) is 4.33. The van der Waals surface area contributed by atoms with Crippen molar-refractivity contribution in [2.45, 2.75) is 32.7 Å². The Kier molecular flexibility index (Phi) is 5.91. The van der Waals surface area contributed by atoms with Crippen molar-refractivity contribution in [2.24, 2.45) is 0 Å². The maximum Gasteiger partial charge on any atom is 0.222 e. The molecule has 1 atom stereocenters. The number of anilines is 2. The molecule has 0 saturated carbocycles. The van der Waals surface area contributed by atoms with Crippen molar-refractivity contribution < 1.29 is 4.74 Å². The second-order valence-electron chi connectivity index (χ2n) is 6.62. The first kappa shape index (κ1) is 18.7. The molecule has 1 heterocycles. The Hall–Kier alpha value is -3.08. The van der Waals surface area contributed by atoms with Crippen LogP contribution in [-0.2, 0) is 12.8 Å². The van der Waals surface area contributed by atoms with E-state index in [9.17, 15) is 0 Å². The van der Waals surface area contributed by atoms with E-state index in [0.29, 0.717) is 5.95 Å². The van der Waals surface area contributed by atoms with Crippen molar-refractivity contribution in [1.29, 1.82) is 0 Å². The Bertz CT molecular complexity index is 896. The second kappa shape index (κ2) is 8.54. The van der Waals surface area contributed by atoms with Crippen molar-refractivity contribution in [2.75, 3.05) is 18.2 Å². The number of aryl methyl sites for hydroxylation is 2. The second-order valence-corrected chi connectivity index (χ2v) is 6.62. The molecule has 3 rings (SSSR count). The van der Waals surface area contributed by atoms with Gasteiger partial charge in [-0.25, -0.2) is 4.98 Å². The van der Waals surface area contributed by atoms with Gasteiger partial charge in [0.15, 0.2) is 0 Å². The highest BCUT2D eigenvalue weighted by Crippen LogP contribution is 2.25. The lowest BCUT2D eigenvalue weighted by Gasteiger charge is -2.19. The molecular formula is C22H26N4O. The molecule has 0 saturated heterocycles. The van der Waals surface area contributed by atoms with E-state index < -0.39 is 0 Å². The highest BCUT2D eigenvalue weighted by atomic mass is 16.5. The number of aromatic nitrogens is 2. The third-order valence-corrected chi connectivity index (χ3v) is 4.68. The Morgan fingerprint density at radius 2 is 1.81 bits per heavy atom. The normalized spacial score (nSPS) is 11.8. The van der Waals surface area contributed by atoms with Crippen LogP contribution in [-0.4, -0.2) is 17.1 Å². The quantitative estimate of drug-likeness (QED) is 0.654. The average Bonchev–Trinajstić information content (AvgIpc) is 2.68. The van der Waals surface area contributed by atoms with Gasteiger partial charge in [-0.3, -0.25) is 0 Å². The third kappa shape index (κ3) is 4.76. The Balaban J connectivity index is 1.81. The van der Waals surface area contributed by atoms with Crippen LogP contribution in [0.1, 0.15) is 35.3 Å². The zero-order valence-corrected chi connectivity index (χ0v) is 16.1. The van der Waals surface area contributed by atoms with Crippen LogP contribution >= 0.6 is 0 Å². The molecule has 0 amide bonds. The minimum Gasteiger partial charge on any atom is -0.497 e. The van der Waals surface area contributed by atoms with Gasteiger partial charge in [-0.15, -0.1) is 0 Å². The van der Waals surface area contributed by atoms with E-state index in [1.807, 2.05) is 37.3 Å². The van der Waals surface area contributed by atoms with E-state index in [4.69, 9.17) is 10.5 Å². The molecule has 0 aliphatic carbocycles. The number of rotatable bonds is 7. The van der Waals surface area contributed by atoms with Crippen molar-refractivity contribution in [1.82, 2.24) is 9.97 Å². The van der Waals surface area contributed by atoms with Gasteiger partial charge in [0.1, 0.15) is 11.6 Å². The SMILES string of the molecule is COc1cccc(CCc2c(C)nc(N)nc2N[C@@H](C)c2ccccc2)c1. The van der Waals surface area contributed by atoms with E-state index in [0.717, 1.165) is 35.7 Å². The number of ether oxygens (including phenoxy) is 1. The third-order valence-electron chi connectivity index (χ3n) is 4.68. The minimum atomic E-state index is 0.121.